The molecule has 1 N–H and O–H groups in total. The van der Waals surface area contributed by atoms with Crippen LogP contribution >= 0.6 is 11.8 Å². The summed E-state index contributed by atoms with van der Waals surface area (Å²) in [7, 11) is 1.61. The normalized spacial score (nSPS) is 10.6. The predicted octanol–water partition coefficient (Wildman–Crippen LogP) is 3.07. The van der Waals surface area contributed by atoms with Gasteiger partial charge in [0.05, 0.1) is 12.3 Å². The molecule has 29 heavy (non-hydrogen) atoms. The number of aromatic nitrogens is 3. The maximum atomic E-state index is 12.4. The Labute approximate surface area is 174 Å². The van der Waals surface area contributed by atoms with Crippen LogP contribution in [-0.2, 0) is 9.59 Å². The fourth-order valence-corrected chi connectivity index (χ4v) is 3.45. The van der Waals surface area contributed by atoms with E-state index in [0.29, 0.717) is 10.8 Å². The van der Waals surface area contributed by atoms with E-state index >= 15 is 0 Å². The van der Waals surface area contributed by atoms with Crippen LogP contribution in [0.5, 0.6) is 0 Å². The van der Waals surface area contributed by atoms with Gasteiger partial charge in [-0.2, -0.15) is 0 Å². The van der Waals surface area contributed by atoms with Gasteiger partial charge < -0.3 is 10.2 Å². The minimum absolute atomic E-state index is 0.0160. The van der Waals surface area contributed by atoms with E-state index in [-0.39, 0.29) is 24.1 Å². The number of rotatable bonds is 7. The number of anilines is 1. The number of aryl methyl sites for hydroxylation is 2. The monoisotopic (exact) mass is 409 g/mol. The number of carbonyl (C=O) groups is 2. The van der Waals surface area contributed by atoms with Crippen LogP contribution in [0, 0.1) is 13.8 Å². The molecule has 0 aliphatic carbocycles. The molecule has 0 saturated carbocycles. The van der Waals surface area contributed by atoms with Gasteiger partial charge in [-0.05, 0) is 38.1 Å². The number of benzene rings is 2. The van der Waals surface area contributed by atoms with Crippen LogP contribution in [0.15, 0.2) is 60.0 Å². The molecule has 0 atom stereocenters. The molecule has 150 valence electrons. The summed E-state index contributed by atoms with van der Waals surface area (Å²) in [6.07, 6.45) is 1.62. The van der Waals surface area contributed by atoms with Gasteiger partial charge in [0.1, 0.15) is 6.33 Å². The molecule has 3 aromatic rings. The van der Waals surface area contributed by atoms with Crippen molar-refractivity contribution in [3.05, 3.63) is 66.0 Å². The Kier molecular flexibility index (Phi) is 6.66. The van der Waals surface area contributed by atoms with Crippen molar-refractivity contribution in [2.45, 2.75) is 19.0 Å². The molecular weight excluding hydrogens is 386 g/mol. The highest BCUT2D eigenvalue weighted by molar-refractivity contribution is 7.99. The summed E-state index contributed by atoms with van der Waals surface area (Å²) in [5, 5.41) is 11.5. The highest BCUT2D eigenvalue weighted by atomic mass is 32.2. The van der Waals surface area contributed by atoms with E-state index in [1.807, 2.05) is 66.9 Å². The van der Waals surface area contributed by atoms with Crippen LogP contribution in [0.1, 0.15) is 11.1 Å². The van der Waals surface area contributed by atoms with E-state index in [9.17, 15) is 9.59 Å². The average Bonchev–Trinajstić information content (AvgIpc) is 3.17. The smallest absolute Gasteiger partial charge is 0.243 e. The van der Waals surface area contributed by atoms with Crippen molar-refractivity contribution in [1.29, 1.82) is 0 Å². The lowest BCUT2D eigenvalue weighted by Gasteiger charge is -2.16. The minimum atomic E-state index is -0.238. The second-order valence-electron chi connectivity index (χ2n) is 6.77. The van der Waals surface area contributed by atoms with E-state index in [2.05, 4.69) is 15.5 Å². The fraction of sp³-hybridized carbons (Fsp3) is 0.238. The molecule has 3 rings (SSSR count). The zero-order chi connectivity index (χ0) is 20.8. The number of hydrogen-bond acceptors (Lipinski definition) is 5. The van der Waals surface area contributed by atoms with Gasteiger partial charge in [-0.25, -0.2) is 0 Å². The van der Waals surface area contributed by atoms with Gasteiger partial charge in [0.25, 0.3) is 0 Å². The van der Waals surface area contributed by atoms with Gasteiger partial charge in [0, 0.05) is 18.4 Å². The van der Waals surface area contributed by atoms with Crippen molar-refractivity contribution in [3.8, 4) is 5.69 Å². The Bertz CT molecular complexity index is 983. The largest absolute Gasteiger partial charge is 0.336 e. The van der Waals surface area contributed by atoms with E-state index in [4.69, 9.17) is 0 Å². The third kappa shape index (κ3) is 5.68. The molecule has 0 aliphatic rings. The first kappa shape index (κ1) is 20.6. The first-order chi connectivity index (χ1) is 13.9. The molecule has 0 bridgehead atoms. The van der Waals surface area contributed by atoms with E-state index in [1.165, 1.54) is 16.7 Å². The van der Waals surface area contributed by atoms with Crippen molar-refractivity contribution >= 4 is 29.3 Å². The number of nitrogens with zero attached hydrogens (tertiary/aromatic N) is 4. The maximum Gasteiger partial charge on any atom is 0.243 e. The second-order valence-corrected chi connectivity index (χ2v) is 7.71. The molecule has 0 saturated heterocycles. The van der Waals surface area contributed by atoms with Gasteiger partial charge >= 0.3 is 0 Å². The number of carbonyl (C=O) groups excluding carboxylic acids is 2. The number of likely N-dealkylation sites (N-methyl/N-ethyl adjacent to an activating group) is 1. The molecule has 7 nitrogen and oxygen atoms in total. The van der Waals surface area contributed by atoms with Crippen molar-refractivity contribution < 1.29 is 9.59 Å². The lowest BCUT2D eigenvalue weighted by atomic mass is 10.2. The van der Waals surface area contributed by atoms with Crippen molar-refractivity contribution in [2.24, 2.45) is 0 Å². The summed E-state index contributed by atoms with van der Waals surface area (Å²) in [5.74, 6) is -0.233. The third-order valence-electron chi connectivity index (χ3n) is 4.30. The molecule has 0 unspecified atom stereocenters. The quantitative estimate of drug-likeness (QED) is 0.607. The number of thioether (sulfide) groups is 1. The molecule has 2 aromatic carbocycles. The second kappa shape index (κ2) is 9.38. The zero-order valence-corrected chi connectivity index (χ0v) is 17.4. The SMILES string of the molecule is Cc1ccc(NC(=O)CN(C)C(=O)CSc2nncn2-c2ccc(C)cc2)cc1. The molecular formula is C21H23N5O2S. The molecule has 1 heterocycles. The zero-order valence-electron chi connectivity index (χ0n) is 16.6. The number of nitrogens with one attached hydrogen (secondary N) is 1. The van der Waals surface area contributed by atoms with Crippen molar-refractivity contribution in [2.75, 3.05) is 24.7 Å². The molecule has 8 heteroatoms. The van der Waals surface area contributed by atoms with Crippen LogP contribution in [-0.4, -0.2) is 50.8 Å². The summed E-state index contributed by atoms with van der Waals surface area (Å²) >= 11 is 1.29. The minimum Gasteiger partial charge on any atom is -0.336 e. The Balaban J connectivity index is 1.53. The van der Waals surface area contributed by atoms with Crippen LogP contribution in [0.25, 0.3) is 5.69 Å². The highest BCUT2D eigenvalue weighted by Gasteiger charge is 2.16. The van der Waals surface area contributed by atoms with Crippen LogP contribution in [0.4, 0.5) is 5.69 Å². The van der Waals surface area contributed by atoms with Gasteiger partial charge in [0.15, 0.2) is 5.16 Å². The van der Waals surface area contributed by atoms with Gasteiger partial charge in [-0.1, -0.05) is 47.2 Å². The predicted molar refractivity (Wildman–Crippen MR) is 114 cm³/mol. The van der Waals surface area contributed by atoms with E-state index in [1.54, 1.807) is 13.4 Å². The first-order valence-corrected chi connectivity index (χ1v) is 10.1. The summed E-state index contributed by atoms with van der Waals surface area (Å²) in [4.78, 5) is 26.0. The van der Waals surface area contributed by atoms with Crippen LogP contribution in [0.2, 0.25) is 0 Å². The topological polar surface area (TPSA) is 80.1 Å². The first-order valence-electron chi connectivity index (χ1n) is 9.13. The Morgan fingerprint density at radius 1 is 1.03 bits per heavy atom. The summed E-state index contributed by atoms with van der Waals surface area (Å²) in [6, 6.07) is 15.5. The van der Waals surface area contributed by atoms with E-state index in [0.717, 1.165) is 16.8 Å². The third-order valence-corrected chi connectivity index (χ3v) is 5.22. The molecule has 0 spiro atoms. The van der Waals surface area contributed by atoms with Gasteiger partial charge in [-0.3, -0.25) is 14.2 Å². The maximum absolute atomic E-state index is 12.4. The van der Waals surface area contributed by atoms with E-state index < -0.39 is 0 Å². The van der Waals surface area contributed by atoms with Crippen LogP contribution in [0.3, 0.4) is 0 Å². The average molecular weight is 410 g/mol. The molecule has 0 aliphatic heterocycles. The number of hydrogen-bond donors (Lipinski definition) is 1. The van der Waals surface area contributed by atoms with Gasteiger partial charge in [0.2, 0.25) is 11.8 Å². The highest BCUT2D eigenvalue weighted by Crippen LogP contribution is 2.20. The van der Waals surface area contributed by atoms with Gasteiger partial charge in [-0.15, -0.1) is 10.2 Å². The Morgan fingerprint density at radius 3 is 2.31 bits per heavy atom. The molecule has 2 amide bonds. The summed E-state index contributed by atoms with van der Waals surface area (Å²) in [6.45, 7) is 3.99. The summed E-state index contributed by atoms with van der Waals surface area (Å²) < 4.78 is 1.83. The Morgan fingerprint density at radius 2 is 1.66 bits per heavy atom. The molecule has 1 aromatic heterocycles. The van der Waals surface area contributed by atoms with Crippen molar-refractivity contribution in [3.63, 3.8) is 0 Å². The lowest BCUT2D eigenvalue weighted by molar-refractivity contribution is -0.131. The van der Waals surface area contributed by atoms with Crippen LogP contribution < -0.4 is 5.32 Å². The Hall–Kier alpha value is -3.13. The molecule has 0 radical (unpaired) electrons. The molecule has 0 fully saturated rings. The standard InChI is InChI=1S/C21H23N5O2S/c1-15-4-8-17(9-5-15)23-19(27)12-25(3)20(28)13-29-21-24-22-14-26(21)18-10-6-16(2)7-11-18/h4-11,14H,12-13H2,1-3H3,(H,23,27). The number of amides is 2. The lowest BCUT2D eigenvalue weighted by Crippen LogP contribution is -2.36. The fourth-order valence-electron chi connectivity index (χ4n) is 2.58. The van der Waals surface area contributed by atoms with Crippen molar-refractivity contribution in [1.82, 2.24) is 19.7 Å². The summed E-state index contributed by atoms with van der Waals surface area (Å²) in [5.41, 5.74) is 3.92.